The molecule has 2 aromatic heterocycles. The third-order valence-corrected chi connectivity index (χ3v) is 5.38. The van der Waals surface area contributed by atoms with Gasteiger partial charge in [0.15, 0.2) is 11.3 Å². The minimum absolute atomic E-state index is 0.416. The van der Waals surface area contributed by atoms with Crippen LogP contribution < -0.4 is 4.74 Å². The van der Waals surface area contributed by atoms with Gasteiger partial charge in [-0.2, -0.15) is 0 Å². The molecule has 2 bridgehead atoms. The number of fused-ring (bicyclic) bond motifs is 2. The van der Waals surface area contributed by atoms with Crippen molar-refractivity contribution < 1.29 is 9.15 Å². The largest absolute Gasteiger partial charge is 0.486 e. The first-order chi connectivity index (χ1) is 11.3. The summed E-state index contributed by atoms with van der Waals surface area (Å²) in [6.07, 6.45) is 12.4. The Balaban J connectivity index is 0.000000151. The minimum atomic E-state index is 0.416. The van der Waals surface area contributed by atoms with Crippen molar-refractivity contribution >= 4 is 11.2 Å². The molecule has 1 unspecified atom stereocenters. The van der Waals surface area contributed by atoms with Crippen LogP contribution in [0.2, 0.25) is 0 Å². The molecule has 2 aliphatic rings. The number of nitrogens with zero attached hydrogens (tertiary/aromatic N) is 1. The van der Waals surface area contributed by atoms with Crippen LogP contribution >= 0.6 is 0 Å². The third-order valence-electron chi connectivity index (χ3n) is 5.38. The predicted molar refractivity (Wildman–Crippen MR) is 95.5 cm³/mol. The van der Waals surface area contributed by atoms with Gasteiger partial charge in [-0.1, -0.05) is 19.8 Å². The molecule has 4 rings (SSSR count). The Labute approximate surface area is 140 Å². The summed E-state index contributed by atoms with van der Waals surface area (Å²) >= 11 is 0. The molecule has 3 nitrogen and oxygen atoms in total. The Morgan fingerprint density at radius 2 is 1.87 bits per heavy atom. The van der Waals surface area contributed by atoms with Crippen LogP contribution in [0.4, 0.5) is 0 Å². The lowest BCUT2D eigenvalue weighted by Gasteiger charge is -2.31. The van der Waals surface area contributed by atoms with Crippen molar-refractivity contribution in [2.45, 2.75) is 76.9 Å². The summed E-state index contributed by atoms with van der Waals surface area (Å²) in [6, 6.07) is 6.83. The Morgan fingerprint density at radius 3 is 2.43 bits per heavy atom. The van der Waals surface area contributed by atoms with Crippen LogP contribution in [0.5, 0.6) is 5.75 Å². The second-order valence-corrected chi connectivity index (χ2v) is 7.13. The van der Waals surface area contributed by atoms with Gasteiger partial charge in [-0.3, -0.25) is 0 Å². The Kier molecular flexibility index (Phi) is 5.82. The molecule has 0 spiro atoms. The molecule has 0 radical (unpaired) electrons. The molecule has 128 valence electrons. The summed E-state index contributed by atoms with van der Waals surface area (Å²) in [7, 11) is 2.24. The van der Waals surface area contributed by atoms with E-state index in [1.54, 1.807) is 0 Å². The molecule has 1 aliphatic heterocycles. The van der Waals surface area contributed by atoms with Crippen LogP contribution in [0.25, 0.3) is 11.2 Å². The lowest BCUT2D eigenvalue weighted by molar-refractivity contribution is 0.156. The maximum Gasteiger partial charge on any atom is 0.169 e. The summed E-state index contributed by atoms with van der Waals surface area (Å²) in [5.74, 6) is 0.939. The number of hydrogen-bond donors (Lipinski definition) is 0. The van der Waals surface area contributed by atoms with E-state index in [0.717, 1.165) is 23.0 Å². The topological polar surface area (TPSA) is 25.6 Å². The number of benzene rings is 1. The Bertz CT molecular complexity index is 558. The van der Waals surface area contributed by atoms with Gasteiger partial charge in [-0.25, -0.2) is 0 Å². The van der Waals surface area contributed by atoms with E-state index in [1.807, 2.05) is 18.2 Å². The fourth-order valence-electron chi connectivity index (χ4n) is 3.88. The zero-order valence-electron chi connectivity index (χ0n) is 14.7. The van der Waals surface area contributed by atoms with Crippen LogP contribution in [0.1, 0.15) is 64.7 Å². The molecule has 3 heteroatoms. The van der Waals surface area contributed by atoms with E-state index in [4.69, 9.17) is 9.15 Å². The van der Waals surface area contributed by atoms with Crippen molar-refractivity contribution in [3.05, 3.63) is 18.2 Å². The van der Waals surface area contributed by atoms with Crippen LogP contribution in [-0.2, 0) is 0 Å². The molecule has 1 saturated heterocycles. The molecule has 0 N–H and O–H groups in total. The standard InChI is InChI=1S/C12H14O2.C8H17N/c1-2-4-9(5-3-1)13-12-8-10-6-7-11(12)14-10;1-3-8-6-4-5-7-9(8)2/h6-9H,1-5H2;8H,3-7H2,1-2H3. The van der Waals surface area contributed by atoms with Gasteiger partial charge in [0.1, 0.15) is 5.58 Å². The molecular weight excluding hydrogens is 286 g/mol. The van der Waals surface area contributed by atoms with Gasteiger partial charge >= 0.3 is 0 Å². The van der Waals surface area contributed by atoms with Crippen LogP contribution in [0, 0.1) is 0 Å². The van der Waals surface area contributed by atoms with E-state index in [2.05, 4.69) is 18.9 Å². The molecule has 2 aromatic rings. The lowest BCUT2D eigenvalue weighted by atomic mass is 9.98. The van der Waals surface area contributed by atoms with Crippen molar-refractivity contribution in [1.29, 1.82) is 0 Å². The highest BCUT2D eigenvalue weighted by molar-refractivity contribution is 5.69. The van der Waals surface area contributed by atoms with Crippen LogP contribution in [0.3, 0.4) is 0 Å². The first-order valence-corrected chi connectivity index (χ1v) is 9.45. The number of likely N-dealkylation sites (tertiary alicyclic amines) is 1. The smallest absolute Gasteiger partial charge is 0.169 e. The quantitative estimate of drug-likeness (QED) is 0.751. The number of rotatable bonds is 3. The van der Waals surface area contributed by atoms with Crippen LogP contribution in [0.15, 0.2) is 22.6 Å². The number of ether oxygens (including phenoxy) is 1. The van der Waals surface area contributed by atoms with Gasteiger partial charge in [0.25, 0.3) is 0 Å². The van der Waals surface area contributed by atoms with Gasteiger partial charge < -0.3 is 14.1 Å². The molecular formula is C20H31NO2. The first kappa shape index (κ1) is 16.6. The fraction of sp³-hybridized carbons (Fsp3) is 0.700. The summed E-state index contributed by atoms with van der Waals surface area (Å²) in [5.41, 5.74) is 1.82. The maximum absolute atomic E-state index is 5.91. The van der Waals surface area contributed by atoms with Gasteiger partial charge in [-0.15, -0.1) is 0 Å². The minimum Gasteiger partial charge on any atom is -0.486 e. The van der Waals surface area contributed by atoms with Gasteiger partial charge in [0.05, 0.1) is 6.10 Å². The lowest BCUT2D eigenvalue weighted by Crippen LogP contribution is -2.35. The van der Waals surface area contributed by atoms with Gasteiger partial charge in [0.2, 0.25) is 0 Å². The molecule has 1 aliphatic carbocycles. The highest BCUT2D eigenvalue weighted by Gasteiger charge is 2.17. The highest BCUT2D eigenvalue weighted by Crippen LogP contribution is 2.32. The molecule has 3 heterocycles. The summed E-state index contributed by atoms with van der Waals surface area (Å²) in [5, 5.41) is 0. The van der Waals surface area contributed by atoms with E-state index in [9.17, 15) is 0 Å². The molecule has 0 aromatic carbocycles. The van der Waals surface area contributed by atoms with E-state index < -0.39 is 0 Å². The van der Waals surface area contributed by atoms with E-state index in [1.165, 1.54) is 64.3 Å². The molecule has 23 heavy (non-hydrogen) atoms. The number of hydrogen-bond acceptors (Lipinski definition) is 3. The number of piperidine rings is 1. The maximum atomic E-state index is 5.91. The van der Waals surface area contributed by atoms with E-state index in [0.29, 0.717) is 6.10 Å². The summed E-state index contributed by atoms with van der Waals surface area (Å²) < 4.78 is 11.3. The molecule has 0 amide bonds. The summed E-state index contributed by atoms with van der Waals surface area (Å²) in [4.78, 5) is 2.49. The zero-order valence-corrected chi connectivity index (χ0v) is 14.7. The SMILES string of the molecule is CCC1CCCCN1C.c1cc2oc1cc2OC1CCCCC1. The number of furan rings is 2. The van der Waals surface area contributed by atoms with Crippen molar-refractivity contribution in [3.8, 4) is 5.75 Å². The average molecular weight is 317 g/mol. The monoisotopic (exact) mass is 317 g/mol. The van der Waals surface area contributed by atoms with Crippen molar-refractivity contribution in [2.75, 3.05) is 13.6 Å². The fourth-order valence-corrected chi connectivity index (χ4v) is 3.88. The second kappa shape index (κ2) is 8.05. The molecule has 2 fully saturated rings. The van der Waals surface area contributed by atoms with Crippen molar-refractivity contribution in [2.24, 2.45) is 0 Å². The average Bonchev–Trinajstić information content (AvgIpc) is 3.20. The highest BCUT2D eigenvalue weighted by atomic mass is 16.5. The van der Waals surface area contributed by atoms with Crippen molar-refractivity contribution in [1.82, 2.24) is 4.90 Å². The normalized spacial score (nSPS) is 23.7. The third kappa shape index (κ3) is 4.41. The molecule has 1 atom stereocenters. The zero-order chi connectivity index (χ0) is 16.1. The van der Waals surface area contributed by atoms with Gasteiger partial charge in [0, 0.05) is 12.1 Å². The first-order valence-electron chi connectivity index (χ1n) is 9.45. The van der Waals surface area contributed by atoms with Crippen LogP contribution in [-0.4, -0.2) is 30.6 Å². The van der Waals surface area contributed by atoms with E-state index in [-0.39, 0.29) is 0 Å². The Hall–Kier alpha value is -1.22. The van der Waals surface area contributed by atoms with E-state index >= 15 is 0 Å². The second-order valence-electron chi connectivity index (χ2n) is 7.13. The van der Waals surface area contributed by atoms with Crippen molar-refractivity contribution in [3.63, 3.8) is 0 Å². The summed E-state index contributed by atoms with van der Waals surface area (Å²) in [6.45, 7) is 3.60. The predicted octanol–water partition coefficient (Wildman–Crippen LogP) is 5.46. The molecule has 1 saturated carbocycles. The Morgan fingerprint density at radius 1 is 1.09 bits per heavy atom. The van der Waals surface area contributed by atoms with Gasteiger partial charge in [-0.05, 0) is 70.7 Å².